The van der Waals surface area contributed by atoms with Gasteiger partial charge in [0.1, 0.15) is 0 Å². The minimum atomic E-state index is 0.516. The fraction of sp³-hybridized carbons (Fsp3) is 0.500. The second-order valence-corrected chi connectivity index (χ2v) is 5.81. The summed E-state index contributed by atoms with van der Waals surface area (Å²) in [7, 11) is 0. The molecule has 0 aliphatic heterocycles. The van der Waals surface area contributed by atoms with Crippen molar-refractivity contribution in [2.24, 2.45) is 5.92 Å². The number of rotatable bonds is 4. The third-order valence-corrected chi connectivity index (χ3v) is 4.03. The van der Waals surface area contributed by atoms with E-state index in [1.165, 1.54) is 22.9 Å². The molecule has 1 N–H and O–H groups in total. The topological polar surface area (TPSA) is 12.0 Å². The second-order valence-electron chi connectivity index (χ2n) is 4.04. The van der Waals surface area contributed by atoms with Gasteiger partial charge in [0, 0.05) is 15.0 Å². The first kappa shape index (κ1) is 11.6. The standard InChI is InChI=1S/C12H15Br2N/c1-2-15-12(8-3-4-8)10-7-9(13)5-6-11(10)14/h5-8,12,15H,2-4H2,1H3. The van der Waals surface area contributed by atoms with E-state index in [1.807, 2.05) is 0 Å². The summed E-state index contributed by atoms with van der Waals surface area (Å²) in [6.07, 6.45) is 2.72. The average Bonchev–Trinajstić information content (AvgIpc) is 3.02. The van der Waals surface area contributed by atoms with Crippen molar-refractivity contribution in [3.8, 4) is 0 Å². The molecule has 0 saturated heterocycles. The van der Waals surface area contributed by atoms with E-state index in [-0.39, 0.29) is 0 Å². The maximum atomic E-state index is 3.64. The molecule has 1 aliphatic rings. The first-order valence-electron chi connectivity index (χ1n) is 5.40. The second kappa shape index (κ2) is 4.98. The largest absolute Gasteiger partial charge is 0.310 e. The van der Waals surface area contributed by atoms with E-state index in [0.717, 1.165) is 16.9 Å². The highest BCUT2D eigenvalue weighted by molar-refractivity contribution is 9.11. The number of benzene rings is 1. The monoisotopic (exact) mass is 331 g/mol. The highest BCUT2D eigenvalue weighted by Crippen LogP contribution is 2.43. The van der Waals surface area contributed by atoms with Gasteiger partial charge >= 0.3 is 0 Å². The Balaban J connectivity index is 2.27. The Morgan fingerprint density at radius 2 is 2.13 bits per heavy atom. The molecule has 1 unspecified atom stereocenters. The Morgan fingerprint density at radius 3 is 2.73 bits per heavy atom. The first-order chi connectivity index (χ1) is 7.22. The minimum Gasteiger partial charge on any atom is -0.310 e. The van der Waals surface area contributed by atoms with Crippen LogP contribution in [-0.2, 0) is 0 Å². The summed E-state index contributed by atoms with van der Waals surface area (Å²) in [5.74, 6) is 0.829. The quantitative estimate of drug-likeness (QED) is 0.868. The summed E-state index contributed by atoms with van der Waals surface area (Å²) in [4.78, 5) is 0. The molecule has 0 amide bonds. The van der Waals surface area contributed by atoms with Crippen LogP contribution in [0, 0.1) is 5.92 Å². The van der Waals surface area contributed by atoms with E-state index in [0.29, 0.717) is 6.04 Å². The van der Waals surface area contributed by atoms with Gasteiger partial charge in [-0.2, -0.15) is 0 Å². The van der Waals surface area contributed by atoms with Crippen LogP contribution in [0.25, 0.3) is 0 Å². The maximum Gasteiger partial charge on any atom is 0.0360 e. The molecule has 1 aliphatic carbocycles. The van der Waals surface area contributed by atoms with Gasteiger partial charge < -0.3 is 5.32 Å². The van der Waals surface area contributed by atoms with Crippen molar-refractivity contribution < 1.29 is 0 Å². The number of halogens is 2. The Morgan fingerprint density at radius 1 is 1.40 bits per heavy atom. The van der Waals surface area contributed by atoms with Crippen LogP contribution in [0.5, 0.6) is 0 Å². The van der Waals surface area contributed by atoms with Crippen LogP contribution in [0.4, 0.5) is 0 Å². The predicted molar refractivity (Wildman–Crippen MR) is 71.0 cm³/mol. The maximum absolute atomic E-state index is 3.64. The molecule has 15 heavy (non-hydrogen) atoms. The van der Waals surface area contributed by atoms with Crippen LogP contribution in [-0.4, -0.2) is 6.54 Å². The zero-order valence-electron chi connectivity index (χ0n) is 8.76. The van der Waals surface area contributed by atoms with Crippen molar-refractivity contribution >= 4 is 31.9 Å². The zero-order valence-corrected chi connectivity index (χ0v) is 11.9. The summed E-state index contributed by atoms with van der Waals surface area (Å²) in [5, 5.41) is 3.58. The number of hydrogen-bond donors (Lipinski definition) is 1. The molecule has 1 saturated carbocycles. The van der Waals surface area contributed by atoms with Gasteiger partial charge in [-0.05, 0) is 49.1 Å². The molecule has 0 heterocycles. The summed E-state index contributed by atoms with van der Waals surface area (Å²) in [6.45, 7) is 3.20. The third kappa shape index (κ3) is 2.83. The lowest BCUT2D eigenvalue weighted by atomic mass is 10.0. The summed E-state index contributed by atoms with van der Waals surface area (Å²) >= 11 is 7.17. The van der Waals surface area contributed by atoms with Gasteiger partial charge in [-0.15, -0.1) is 0 Å². The SMILES string of the molecule is CCNC(c1cc(Br)ccc1Br)C1CC1. The average molecular weight is 333 g/mol. The van der Waals surface area contributed by atoms with Gasteiger partial charge in [0.25, 0.3) is 0 Å². The van der Waals surface area contributed by atoms with Crippen LogP contribution in [0.2, 0.25) is 0 Å². The molecule has 1 nitrogen and oxygen atoms in total. The van der Waals surface area contributed by atoms with E-state index in [2.05, 4.69) is 62.3 Å². The van der Waals surface area contributed by atoms with E-state index < -0.39 is 0 Å². The van der Waals surface area contributed by atoms with Crippen molar-refractivity contribution in [2.75, 3.05) is 6.54 Å². The number of nitrogens with one attached hydrogen (secondary N) is 1. The van der Waals surface area contributed by atoms with Crippen LogP contribution in [0.15, 0.2) is 27.1 Å². The highest BCUT2D eigenvalue weighted by atomic mass is 79.9. The first-order valence-corrected chi connectivity index (χ1v) is 6.99. The predicted octanol–water partition coefficient (Wildman–Crippen LogP) is 4.27. The van der Waals surface area contributed by atoms with Gasteiger partial charge in [0.2, 0.25) is 0 Å². The minimum absolute atomic E-state index is 0.516. The van der Waals surface area contributed by atoms with Gasteiger partial charge in [-0.25, -0.2) is 0 Å². The fourth-order valence-corrected chi connectivity index (χ4v) is 2.81. The van der Waals surface area contributed by atoms with Gasteiger partial charge in [-0.3, -0.25) is 0 Å². The third-order valence-electron chi connectivity index (χ3n) is 2.81. The van der Waals surface area contributed by atoms with Gasteiger partial charge in [-0.1, -0.05) is 38.8 Å². The Bertz CT molecular complexity index is 347. The molecular formula is C12H15Br2N. The van der Waals surface area contributed by atoms with Crippen LogP contribution >= 0.6 is 31.9 Å². The molecule has 1 aromatic carbocycles. The highest BCUT2D eigenvalue weighted by Gasteiger charge is 2.32. The lowest BCUT2D eigenvalue weighted by molar-refractivity contribution is 0.494. The molecular weight excluding hydrogens is 318 g/mol. The Labute approximate surface area is 108 Å². The molecule has 0 spiro atoms. The molecule has 1 fully saturated rings. The van der Waals surface area contributed by atoms with E-state index in [1.54, 1.807) is 0 Å². The van der Waals surface area contributed by atoms with E-state index in [9.17, 15) is 0 Å². The summed E-state index contributed by atoms with van der Waals surface area (Å²) in [5.41, 5.74) is 1.38. The van der Waals surface area contributed by atoms with Crippen LogP contribution in [0.1, 0.15) is 31.4 Å². The van der Waals surface area contributed by atoms with Crippen molar-refractivity contribution in [3.05, 3.63) is 32.7 Å². The van der Waals surface area contributed by atoms with Crippen molar-refractivity contribution in [1.29, 1.82) is 0 Å². The summed E-state index contributed by atoms with van der Waals surface area (Å²) < 4.78 is 2.37. The zero-order chi connectivity index (χ0) is 10.8. The fourth-order valence-electron chi connectivity index (χ4n) is 1.93. The van der Waals surface area contributed by atoms with Crippen LogP contribution < -0.4 is 5.32 Å². The van der Waals surface area contributed by atoms with Crippen molar-refractivity contribution in [3.63, 3.8) is 0 Å². The normalized spacial score (nSPS) is 17.8. The molecule has 2 rings (SSSR count). The number of hydrogen-bond acceptors (Lipinski definition) is 1. The Hall–Kier alpha value is 0.140. The molecule has 1 atom stereocenters. The molecule has 1 aromatic rings. The smallest absolute Gasteiger partial charge is 0.0360 e. The van der Waals surface area contributed by atoms with Gasteiger partial charge in [0.05, 0.1) is 0 Å². The van der Waals surface area contributed by atoms with Crippen molar-refractivity contribution in [1.82, 2.24) is 5.32 Å². The summed E-state index contributed by atoms with van der Waals surface area (Å²) in [6, 6.07) is 6.92. The van der Waals surface area contributed by atoms with Gasteiger partial charge in [0.15, 0.2) is 0 Å². The van der Waals surface area contributed by atoms with Crippen LogP contribution in [0.3, 0.4) is 0 Å². The molecule has 0 radical (unpaired) electrons. The molecule has 0 aromatic heterocycles. The molecule has 82 valence electrons. The molecule has 0 bridgehead atoms. The van der Waals surface area contributed by atoms with E-state index >= 15 is 0 Å². The lowest BCUT2D eigenvalue weighted by Gasteiger charge is -2.19. The Kier molecular flexibility index (Phi) is 3.86. The van der Waals surface area contributed by atoms with Crippen molar-refractivity contribution in [2.45, 2.75) is 25.8 Å². The van der Waals surface area contributed by atoms with E-state index in [4.69, 9.17) is 0 Å². The molecule has 3 heteroatoms. The lowest BCUT2D eigenvalue weighted by Crippen LogP contribution is -2.22.